The molecule has 0 atom stereocenters. The summed E-state index contributed by atoms with van der Waals surface area (Å²) in [5.74, 6) is -0.694. The molecule has 0 bridgehead atoms. The Bertz CT molecular complexity index is 216. The van der Waals surface area contributed by atoms with Gasteiger partial charge in [0.1, 0.15) is 0 Å². The predicted octanol–water partition coefficient (Wildman–Crippen LogP) is 1.79. The molecule has 0 aromatic heterocycles. The van der Waals surface area contributed by atoms with E-state index in [4.69, 9.17) is 10.8 Å². The van der Waals surface area contributed by atoms with Crippen LogP contribution in [0.15, 0.2) is 0 Å². The highest BCUT2D eigenvalue weighted by Crippen LogP contribution is 2.52. The fraction of sp³-hybridized carbons (Fsp3) is 0.900. The van der Waals surface area contributed by atoms with E-state index in [-0.39, 0.29) is 18.3 Å². The molecule has 82 valence electrons. The minimum absolute atomic E-state index is 0. The van der Waals surface area contributed by atoms with Gasteiger partial charge in [-0.3, -0.25) is 4.79 Å². The quantitative estimate of drug-likeness (QED) is 0.707. The Balaban J connectivity index is 0.000000980. The zero-order valence-corrected chi connectivity index (χ0v) is 9.05. The Labute approximate surface area is 90.5 Å². The van der Waals surface area contributed by atoms with E-state index >= 15 is 0 Å². The third-order valence-corrected chi connectivity index (χ3v) is 3.79. The molecule has 2 aliphatic carbocycles. The lowest BCUT2D eigenvalue weighted by Crippen LogP contribution is -2.48. The molecule has 0 heterocycles. The second kappa shape index (κ2) is 4.07. The van der Waals surface area contributed by atoms with Crippen LogP contribution in [0.25, 0.3) is 0 Å². The summed E-state index contributed by atoms with van der Waals surface area (Å²) >= 11 is 0. The topological polar surface area (TPSA) is 63.3 Å². The largest absolute Gasteiger partial charge is 0.481 e. The van der Waals surface area contributed by atoms with Gasteiger partial charge in [-0.05, 0) is 43.9 Å². The van der Waals surface area contributed by atoms with Crippen LogP contribution in [-0.4, -0.2) is 17.1 Å². The van der Waals surface area contributed by atoms with E-state index in [1.54, 1.807) is 0 Å². The minimum atomic E-state index is -0.613. The highest BCUT2D eigenvalue weighted by Gasteiger charge is 2.45. The molecule has 0 aromatic carbocycles. The van der Waals surface area contributed by atoms with Gasteiger partial charge in [-0.2, -0.15) is 0 Å². The van der Waals surface area contributed by atoms with Gasteiger partial charge in [-0.1, -0.05) is 0 Å². The second-order valence-electron chi connectivity index (χ2n) is 4.78. The first kappa shape index (κ1) is 11.8. The Kier molecular flexibility index (Phi) is 3.43. The smallest absolute Gasteiger partial charge is 0.306 e. The number of hydrogen-bond acceptors (Lipinski definition) is 2. The summed E-state index contributed by atoms with van der Waals surface area (Å²) in [7, 11) is 0. The Morgan fingerprint density at radius 1 is 1.29 bits per heavy atom. The molecule has 0 radical (unpaired) electrons. The molecule has 14 heavy (non-hydrogen) atoms. The van der Waals surface area contributed by atoms with E-state index in [1.807, 2.05) is 0 Å². The third-order valence-electron chi connectivity index (χ3n) is 3.79. The average Bonchev–Trinajstić information content (AvgIpc) is 2.03. The van der Waals surface area contributed by atoms with Crippen molar-refractivity contribution in [1.29, 1.82) is 0 Å². The standard InChI is InChI=1S/C10H17NO2.ClH/c11-8-5-10(6-8)3-1-7(2-4-10)9(12)13;/h7-8H,1-6,11H2,(H,12,13);1H. The lowest BCUT2D eigenvalue weighted by Gasteiger charge is -2.50. The molecule has 2 saturated carbocycles. The summed E-state index contributed by atoms with van der Waals surface area (Å²) in [5, 5.41) is 8.83. The van der Waals surface area contributed by atoms with Crippen molar-refractivity contribution in [2.45, 2.75) is 44.6 Å². The molecule has 2 aliphatic rings. The normalized spacial score (nSPS) is 41.2. The van der Waals surface area contributed by atoms with Crippen molar-refractivity contribution in [3.05, 3.63) is 0 Å². The van der Waals surface area contributed by atoms with Crippen molar-refractivity contribution in [2.24, 2.45) is 17.1 Å². The SMILES string of the molecule is Cl.NC1CC2(CCC(C(=O)O)CC2)C1. The Hall–Kier alpha value is -0.280. The molecule has 2 rings (SSSR count). The van der Waals surface area contributed by atoms with Crippen LogP contribution in [0, 0.1) is 11.3 Å². The summed E-state index contributed by atoms with van der Waals surface area (Å²) in [5.41, 5.74) is 6.21. The summed E-state index contributed by atoms with van der Waals surface area (Å²) in [6, 6.07) is 0.390. The molecule has 0 aromatic rings. The number of carboxylic acids is 1. The van der Waals surface area contributed by atoms with Gasteiger partial charge in [-0.25, -0.2) is 0 Å². The van der Waals surface area contributed by atoms with E-state index in [9.17, 15) is 4.79 Å². The average molecular weight is 220 g/mol. The van der Waals surface area contributed by atoms with Gasteiger partial charge in [-0.15, -0.1) is 12.4 Å². The van der Waals surface area contributed by atoms with Crippen LogP contribution < -0.4 is 5.73 Å². The number of hydrogen-bond donors (Lipinski definition) is 2. The van der Waals surface area contributed by atoms with Gasteiger partial charge < -0.3 is 10.8 Å². The first-order chi connectivity index (χ1) is 6.11. The van der Waals surface area contributed by atoms with Crippen LogP contribution in [0.1, 0.15) is 38.5 Å². The van der Waals surface area contributed by atoms with E-state index in [0.717, 1.165) is 38.5 Å². The molecule has 0 unspecified atom stereocenters. The van der Waals surface area contributed by atoms with E-state index in [2.05, 4.69) is 0 Å². The van der Waals surface area contributed by atoms with Crippen molar-refractivity contribution in [2.75, 3.05) is 0 Å². The van der Waals surface area contributed by atoms with E-state index in [1.165, 1.54) is 0 Å². The summed E-state index contributed by atoms with van der Waals surface area (Å²) in [6.45, 7) is 0. The maximum absolute atomic E-state index is 10.7. The second-order valence-corrected chi connectivity index (χ2v) is 4.78. The van der Waals surface area contributed by atoms with Crippen molar-refractivity contribution in [3.63, 3.8) is 0 Å². The van der Waals surface area contributed by atoms with Crippen LogP contribution in [0.5, 0.6) is 0 Å². The van der Waals surface area contributed by atoms with Crippen LogP contribution >= 0.6 is 12.4 Å². The lowest BCUT2D eigenvalue weighted by molar-refractivity contribution is -0.144. The number of rotatable bonds is 1. The minimum Gasteiger partial charge on any atom is -0.481 e. The third kappa shape index (κ3) is 2.04. The summed E-state index contributed by atoms with van der Waals surface area (Å²) in [6.07, 6.45) is 6.14. The first-order valence-corrected chi connectivity index (χ1v) is 5.10. The first-order valence-electron chi connectivity index (χ1n) is 5.10. The fourth-order valence-corrected chi connectivity index (χ4v) is 2.94. The number of nitrogens with two attached hydrogens (primary N) is 1. The summed E-state index contributed by atoms with van der Waals surface area (Å²) in [4.78, 5) is 10.7. The summed E-state index contributed by atoms with van der Waals surface area (Å²) < 4.78 is 0. The van der Waals surface area contributed by atoms with Crippen LogP contribution in [0.4, 0.5) is 0 Å². The van der Waals surface area contributed by atoms with Gasteiger partial charge in [0.2, 0.25) is 0 Å². The molecule has 2 fully saturated rings. The highest BCUT2D eigenvalue weighted by molar-refractivity contribution is 5.85. The lowest BCUT2D eigenvalue weighted by atomic mass is 9.57. The van der Waals surface area contributed by atoms with E-state index < -0.39 is 5.97 Å². The van der Waals surface area contributed by atoms with Crippen molar-refractivity contribution < 1.29 is 9.90 Å². The highest BCUT2D eigenvalue weighted by atomic mass is 35.5. The molecule has 4 heteroatoms. The zero-order valence-electron chi connectivity index (χ0n) is 8.24. The number of aliphatic carboxylic acids is 1. The number of carbonyl (C=O) groups is 1. The van der Waals surface area contributed by atoms with Crippen molar-refractivity contribution >= 4 is 18.4 Å². The predicted molar refractivity (Wildman–Crippen MR) is 56.5 cm³/mol. The van der Waals surface area contributed by atoms with Crippen LogP contribution in [0.3, 0.4) is 0 Å². The van der Waals surface area contributed by atoms with Gasteiger partial charge in [0.15, 0.2) is 0 Å². The van der Waals surface area contributed by atoms with Gasteiger partial charge in [0.05, 0.1) is 5.92 Å². The maximum atomic E-state index is 10.7. The van der Waals surface area contributed by atoms with Crippen LogP contribution in [0.2, 0.25) is 0 Å². The van der Waals surface area contributed by atoms with Crippen LogP contribution in [-0.2, 0) is 4.79 Å². The van der Waals surface area contributed by atoms with Gasteiger partial charge >= 0.3 is 5.97 Å². The van der Waals surface area contributed by atoms with Crippen molar-refractivity contribution in [1.82, 2.24) is 0 Å². The monoisotopic (exact) mass is 219 g/mol. The Morgan fingerprint density at radius 3 is 2.14 bits per heavy atom. The maximum Gasteiger partial charge on any atom is 0.306 e. The molecule has 3 nitrogen and oxygen atoms in total. The van der Waals surface area contributed by atoms with Crippen molar-refractivity contribution in [3.8, 4) is 0 Å². The molecular formula is C10H18ClNO2. The molecule has 3 N–H and O–H groups in total. The molecular weight excluding hydrogens is 202 g/mol. The fourth-order valence-electron chi connectivity index (χ4n) is 2.94. The molecule has 0 amide bonds. The molecule has 0 aliphatic heterocycles. The molecule has 0 saturated heterocycles. The number of halogens is 1. The van der Waals surface area contributed by atoms with Gasteiger partial charge in [0.25, 0.3) is 0 Å². The Morgan fingerprint density at radius 2 is 1.79 bits per heavy atom. The van der Waals surface area contributed by atoms with Gasteiger partial charge in [0, 0.05) is 6.04 Å². The zero-order chi connectivity index (χ0) is 9.47. The van der Waals surface area contributed by atoms with E-state index in [0.29, 0.717) is 11.5 Å². The number of carboxylic acid groups (broad SMARTS) is 1. The molecule has 1 spiro atoms.